The lowest BCUT2D eigenvalue weighted by atomic mass is 10.2. The van der Waals surface area contributed by atoms with Gasteiger partial charge in [0.05, 0.1) is 0 Å². The van der Waals surface area contributed by atoms with Crippen LogP contribution in [0.3, 0.4) is 0 Å². The minimum Gasteiger partial charge on any atom is -0.383 e. The fourth-order valence-electron chi connectivity index (χ4n) is 1.44. The van der Waals surface area contributed by atoms with Crippen molar-refractivity contribution in [3.63, 3.8) is 0 Å². The molecule has 0 aliphatic carbocycles. The molecule has 0 spiro atoms. The van der Waals surface area contributed by atoms with Gasteiger partial charge in [0, 0.05) is 10.4 Å². The first-order chi connectivity index (χ1) is 7.20. The van der Waals surface area contributed by atoms with Crippen molar-refractivity contribution < 1.29 is 0 Å². The van der Waals surface area contributed by atoms with Crippen molar-refractivity contribution in [2.45, 2.75) is 20.3 Å². The van der Waals surface area contributed by atoms with Crippen LogP contribution in [0.2, 0.25) is 0 Å². The van der Waals surface area contributed by atoms with Crippen molar-refractivity contribution in [2.75, 3.05) is 5.73 Å². The molecule has 0 radical (unpaired) electrons. The second-order valence-corrected chi connectivity index (χ2v) is 4.63. The molecule has 2 aromatic rings. The maximum atomic E-state index is 5.82. The Balaban J connectivity index is 2.41. The minimum atomic E-state index is 0.679. The average Bonchev–Trinajstić information content (AvgIpc) is 2.61. The number of nitrogen functional groups attached to an aromatic ring is 1. The van der Waals surface area contributed by atoms with Crippen LogP contribution < -0.4 is 5.73 Å². The third-order valence-electron chi connectivity index (χ3n) is 2.35. The standard InChI is InChI=1S/C12H14N2S/c1-3-10-11(13)14-12(15-10)9-6-4-8(2)5-7-9/h4-7H,3,13H2,1-2H3. The van der Waals surface area contributed by atoms with Gasteiger partial charge >= 0.3 is 0 Å². The first-order valence-corrected chi connectivity index (χ1v) is 5.84. The van der Waals surface area contributed by atoms with Crippen molar-refractivity contribution in [1.82, 2.24) is 4.98 Å². The molecule has 0 saturated carbocycles. The maximum Gasteiger partial charge on any atom is 0.138 e. The Kier molecular flexibility index (Phi) is 2.73. The molecule has 0 saturated heterocycles. The van der Waals surface area contributed by atoms with Gasteiger partial charge in [-0.1, -0.05) is 36.8 Å². The largest absolute Gasteiger partial charge is 0.383 e. The molecule has 0 amide bonds. The van der Waals surface area contributed by atoms with Crippen LogP contribution in [0.5, 0.6) is 0 Å². The number of thiazole rings is 1. The lowest BCUT2D eigenvalue weighted by molar-refractivity contribution is 1.17. The highest BCUT2D eigenvalue weighted by Crippen LogP contribution is 2.29. The van der Waals surface area contributed by atoms with Crippen LogP contribution in [0.4, 0.5) is 5.82 Å². The van der Waals surface area contributed by atoms with Gasteiger partial charge in [0.2, 0.25) is 0 Å². The summed E-state index contributed by atoms with van der Waals surface area (Å²) < 4.78 is 0. The molecule has 0 unspecified atom stereocenters. The topological polar surface area (TPSA) is 38.9 Å². The summed E-state index contributed by atoms with van der Waals surface area (Å²) in [5.74, 6) is 0.679. The van der Waals surface area contributed by atoms with E-state index in [-0.39, 0.29) is 0 Å². The molecule has 2 rings (SSSR count). The van der Waals surface area contributed by atoms with Crippen LogP contribution in [-0.2, 0) is 6.42 Å². The third-order valence-corrected chi connectivity index (χ3v) is 3.61. The monoisotopic (exact) mass is 218 g/mol. The summed E-state index contributed by atoms with van der Waals surface area (Å²) in [6, 6.07) is 8.37. The molecule has 0 aliphatic rings. The number of benzene rings is 1. The third kappa shape index (κ3) is 2.02. The molecule has 78 valence electrons. The normalized spacial score (nSPS) is 10.5. The highest BCUT2D eigenvalue weighted by atomic mass is 32.1. The van der Waals surface area contributed by atoms with E-state index in [9.17, 15) is 0 Å². The van der Waals surface area contributed by atoms with Crippen molar-refractivity contribution in [3.05, 3.63) is 34.7 Å². The van der Waals surface area contributed by atoms with Gasteiger partial charge < -0.3 is 5.73 Å². The second kappa shape index (κ2) is 4.03. The zero-order valence-corrected chi connectivity index (χ0v) is 9.77. The molecular formula is C12H14N2S. The number of anilines is 1. The molecule has 2 N–H and O–H groups in total. The fraction of sp³-hybridized carbons (Fsp3) is 0.250. The van der Waals surface area contributed by atoms with Crippen molar-refractivity contribution >= 4 is 17.2 Å². The van der Waals surface area contributed by atoms with Crippen LogP contribution in [-0.4, -0.2) is 4.98 Å². The van der Waals surface area contributed by atoms with Gasteiger partial charge in [-0.25, -0.2) is 4.98 Å². The summed E-state index contributed by atoms with van der Waals surface area (Å²) in [6.07, 6.45) is 0.954. The van der Waals surface area contributed by atoms with E-state index in [1.165, 1.54) is 10.4 Å². The summed E-state index contributed by atoms with van der Waals surface area (Å²) >= 11 is 1.68. The summed E-state index contributed by atoms with van der Waals surface area (Å²) in [5, 5.41) is 1.02. The second-order valence-electron chi connectivity index (χ2n) is 3.55. The Bertz CT molecular complexity index is 457. The Morgan fingerprint density at radius 2 is 1.93 bits per heavy atom. The van der Waals surface area contributed by atoms with Gasteiger partial charge in [0.15, 0.2) is 0 Å². The lowest BCUT2D eigenvalue weighted by Crippen LogP contribution is -1.88. The van der Waals surface area contributed by atoms with E-state index in [1.54, 1.807) is 11.3 Å². The number of nitrogens with zero attached hydrogens (tertiary/aromatic N) is 1. The molecule has 1 aromatic carbocycles. The lowest BCUT2D eigenvalue weighted by Gasteiger charge is -1.95. The summed E-state index contributed by atoms with van der Waals surface area (Å²) in [6.45, 7) is 4.18. The number of hydrogen-bond donors (Lipinski definition) is 1. The Labute approximate surface area is 93.8 Å². The average molecular weight is 218 g/mol. The maximum absolute atomic E-state index is 5.82. The Morgan fingerprint density at radius 1 is 1.27 bits per heavy atom. The van der Waals surface area contributed by atoms with Crippen LogP contribution in [0.15, 0.2) is 24.3 Å². The van der Waals surface area contributed by atoms with Crippen LogP contribution in [0.25, 0.3) is 10.6 Å². The highest BCUT2D eigenvalue weighted by molar-refractivity contribution is 7.15. The van der Waals surface area contributed by atoms with Gasteiger partial charge in [-0.15, -0.1) is 11.3 Å². The summed E-state index contributed by atoms with van der Waals surface area (Å²) in [5.41, 5.74) is 8.23. The Morgan fingerprint density at radius 3 is 2.47 bits per heavy atom. The minimum absolute atomic E-state index is 0.679. The number of rotatable bonds is 2. The SMILES string of the molecule is CCc1sc(-c2ccc(C)cc2)nc1N. The van der Waals surface area contributed by atoms with Crippen LogP contribution in [0.1, 0.15) is 17.4 Å². The van der Waals surface area contributed by atoms with E-state index in [0.717, 1.165) is 17.0 Å². The number of aromatic nitrogens is 1. The predicted molar refractivity (Wildman–Crippen MR) is 66.1 cm³/mol. The van der Waals surface area contributed by atoms with Crippen molar-refractivity contribution in [2.24, 2.45) is 0 Å². The Hall–Kier alpha value is -1.35. The number of nitrogens with two attached hydrogens (primary N) is 1. The van der Waals surface area contributed by atoms with Crippen LogP contribution >= 0.6 is 11.3 Å². The van der Waals surface area contributed by atoms with Gasteiger partial charge in [-0.05, 0) is 13.3 Å². The van der Waals surface area contributed by atoms with E-state index in [2.05, 4.69) is 43.1 Å². The van der Waals surface area contributed by atoms with E-state index in [4.69, 9.17) is 5.73 Å². The molecule has 0 atom stereocenters. The van der Waals surface area contributed by atoms with Crippen molar-refractivity contribution in [1.29, 1.82) is 0 Å². The first-order valence-electron chi connectivity index (χ1n) is 5.03. The number of aryl methyl sites for hydroxylation is 2. The molecule has 0 fully saturated rings. The zero-order valence-electron chi connectivity index (χ0n) is 8.95. The van der Waals surface area contributed by atoms with Crippen LogP contribution in [0, 0.1) is 6.92 Å². The fourth-order valence-corrected chi connectivity index (χ4v) is 2.36. The van der Waals surface area contributed by atoms with E-state index in [1.807, 2.05) is 0 Å². The van der Waals surface area contributed by atoms with Crippen molar-refractivity contribution in [3.8, 4) is 10.6 Å². The predicted octanol–water partition coefficient (Wildman–Crippen LogP) is 3.26. The van der Waals surface area contributed by atoms with E-state index in [0.29, 0.717) is 5.82 Å². The molecule has 3 heteroatoms. The molecule has 0 aliphatic heterocycles. The smallest absolute Gasteiger partial charge is 0.138 e. The highest BCUT2D eigenvalue weighted by Gasteiger charge is 2.07. The van der Waals surface area contributed by atoms with Gasteiger partial charge in [-0.2, -0.15) is 0 Å². The zero-order chi connectivity index (χ0) is 10.8. The molecule has 2 nitrogen and oxygen atoms in total. The first kappa shape index (κ1) is 10.2. The molecular weight excluding hydrogens is 204 g/mol. The molecule has 1 heterocycles. The quantitative estimate of drug-likeness (QED) is 0.840. The summed E-state index contributed by atoms with van der Waals surface area (Å²) in [7, 11) is 0. The van der Waals surface area contributed by atoms with E-state index < -0.39 is 0 Å². The number of hydrogen-bond acceptors (Lipinski definition) is 3. The van der Waals surface area contributed by atoms with Gasteiger partial charge in [0.1, 0.15) is 10.8 Å². The van der Waals surface area contributed by atoms with E-state index >= 15 is 0 Å². The molecule has 0 bridgehead atoms. The summed E-state index contributed by atoms with van der Waals surface area (Å²) in [4.78, 5) is 5.55. The molecule has 15 heavy (non-hydrogen) atoms. The molecule has 1 aromatic heterocycles. The van der Waals surface area contributed by atoms with Gasteiger partial charge in [-0.3, -0.25) is 0 Å². The van der Waals surface area contributed by atoms with Gasteiger partial charge in [0.25, 0.3) is 0 Å².